The third-order valence-corrected chi connectivity index (χ3v) is 4.62. The second kappa shape index (κ2) is 5.80. The van der Waals surface area contributed by atoms with Gasteiger partial charge >= 0.3 is 0 Å². The summed E-state index contributed by atoms with van der Waals surface area (Å²) in [6.07, 6.45) is 0. The first kappa shape index (κ1) is 14.8. The maximum atomic E-state index is 12.2. The molecule has 0 atom stereocenters. The van der Waals surface area contributed by atoms with Crippen LogP contribution < -0.4 is 9.83 Å². The number of aromatic carboxylic acids is 1. The normalized spacial score (nSPS) is 11.1. The van der Waals surface area contributed by atoms with E-state index >= 15 is 0 Å². The highest BCUT2D eigenvalue weighted by Gasteiger charge is 2.15. The average Bonchev–Trinajstić information content (AvgIpc) is 2.39. The van der Waals surface area contributed by atoms with Crippen LogP contribution in [0.2, 0.25) is 0 Å². The van der Waals surface area contributed by atoms with Crippen LogP contribution in [0.1, 0.15) is 10.4 Å². The standard InChI is InChI=1S/C13H10INO4S/c14-9-5-7-10(8-6-9)20(18,19)15-12-4-2-1-3-11(12)13(16)17/h1-8,15H,(H,16,17)/p-1. The molecule has 0 fully saturated rings. The van der Waals surface area contributed by atoms with Crippen molar-refractivity contribution in [1.82, 2.24) is 0 Å². The predicted octanol–water partition coefficient (Wildman–Crippen LogP) is 1.46. The van der Waals surface area contributed by atoms with E-state index in [4.69, 9.17) is 0 Å². The highest BCUT2D eigenvalue weighted by molar-refractivity contribution is 14.1. The van der Waals surface area contributed by atoms with Crippen LogP contribution in [-0.2, 0) is 10.0 Å². The van der Waals surface area contributed by atoms with Gasteiger partial charge in [0, 0.05) is 9.13 Å². The summed E-state index contributed by atoms with van der Waals surface area (Å²) in [4.78, 5) is 11.0. The maximum absolute atomic E-state index is 12.2. The molecule has 0 saturated carbocycles. The summed E-state index contributed by atoms with van der Waals surface area (Å²) in [6.45, 7) is 0. The molecule has 0 aliphatic heterocycles. The molecule has 2 aromatic carbocycles. The van der Waals surface area contributed by atoms with Crippen molar-refractivity contribution in [2.75, 3.05) is 4.72 Å². The van der Waals surface area contributed by atoms with Gasteiger partial charge in [0.2, 0.25) is 0 Å². The minimum absolute atomic E-state index is 0.0222. The van der Waals surface area contributed by atoms with Gasteiger partial charge in [-0.25, -0.2) is 8.42 Å². The number of halogens is 1. The van der Waals surface area contributed by atoms with E-state index in [-0.39, 0.29) is 16.1 Å². The van der Waals surface area contributed by atoms with Crippen molar-refractivity contribution in [3.63, 3.8) is 0 Å². The second-order valence-corrected chi connectivity index (χ2v) is 6.82. The van der Waals surface area contributed by atoms with E-state index in [1.165, 1.54) is 36.4 Å². The van der Waals surface area contributed by atoms with Gasteiger partial charge in [-0.1, -0.05) is 18.2 Å². The number of hydrogen-bond acceptors (Lipinski definition) is 4. The lowest BCUT2D eigenvalue weighted by atomic mass is 10.2. The van der Waals surface area contributed by atoms with Gasteiger partial charge in [-0.3, -0.25) is 4.72 Å². The van der Waals surface area contributed by atoms with Crippen molar-refractivity contribution in [3.05, 3.63) is 57.7 Å². The van der Waals surface area contributed by atoms with Crippen molar-refractivity contribution >= 4 is 44.3 Å². The fourth-order valence-electron chi connectivity index (χ4n) is 1.57. The van der Waals surface area contributed by atoms with E-state index < -0.39 is 16.0 Å². The molecule has 0 spiro atoms. The zero-order valence-corrected chi connectivity index (χ0v) is 13.0. The minimum atomic E-state index is -3.83. The van der Waals surface area contributed by atoms with Gasteiger partial charge in [0.05, 0.1) is 16.6 Å². The molecule has 0 bridgehead atoms. The molecule has 0 amide bonds. The molecule has 0 unspecified atom stereocenters. The predicted molar refractivity (Wildman–Crippen MR) is 80.7 cm³/mol. The fourth-order valence-corrected chi connectivity index (χ4v) is 3.01. The fraction of sp³-hybridized carbons (Fsp3) is 0. The molecule has 0 aliphatic rings. The Bertz CT molecular complexity index is 741. The van der Waals surface area contributed by atoms with E-state index in [0.29, 0.717) is 0 Å². The van der Waals surface area contributed by atoms with Gasteiger partial charge in [0.1, 0.15) is 0 Å². The van der Waals surface area contributed by atoms with Crippen LogP contribution in [0, 0.1) is 3.57 Å². The number of sulfonamides is 1. The van der Waals surface area contributed by atoms with Crippen LogP contribution in [-0.4, -0.2) is 14.4 Å². The Hall–Kier alpha value is -1.61. The molecule has 0 aromatic heterocycles. The van der Waals surface area contributed by atoms with Gasteiger partial charge in [-0.2, -0.15) is 0 Å². The molecular weight excluding hydrogens is 393 g/mol. The van der Waals surface area contributed by atoms with Crippen LogP contribution >= 0.6 is 22.6 Å². The summed E-state index contributed by atoms with van der Waals surface area (Å²) in [7, 11) is -3.83. The number of anilines is 1. The van der Waals surface area contributed by atoms with E-state index in [1.807, 2.05) is 0 Å². The zero-order chi connectivity index (χ0) is 14.8. The van der Waals surface area contributed by atoms with Crippen molar-refractivity contribution in [2.45, 2.75) is 4.90 Å². The number of carboxylic acid groups (broad SMARTS) is 1. The van der Waals surface area contributed by atoms with Crippen LogP contribution in [0.3, 0.4) is 0 Å². The Morgan fingerprint density at radius 1 is 1.05 bits per heavy atom. The average molecular weight is 402 g/mol. The van der Waals surface area contributed by atoms with Crippen LogP contribution in [0.5, 0.6) is 0 Å². The number of para-hydroxylation sites is 1. The molecule has 2 rings (SSSR count). The van der Waals surface area contributed by atoms with Gasteiger partial charge < -0.3 is 9.90 Å². The molecule has 104 valence electrons. The van der Waals surface area contributed by atoms with Crippen LogP contribution in [0.4, 0.5) is 5.69 Å². The first-order chi connectivity index (χ1) is 9.40. The SMILES string of the molecule is O=C([O-])c1ccccc1NS(=O)(=O)c1ccc(I)cc1. The summed E-state index contributed by atoms with van der Waals surface area (Å²) in [5, 5.41) is 10.9. The lowest BCUT2D eigenvalue weighted by molar-refractivity contribution is -0.254. The van der Waals surface area contributed by atoms with E-state index in [1.54, 1.807) is 12.1 Å². The Kier molecular flexibility index (Phi) is 4.29. The lowest BCUT2D eigenvalue weighted by Gasteiger charge is -2.13. The van der Waals surface area contributed by atoms with Crippen molar-refractivity contribution in [3.8, 4) is 0 Å². The summed E-state index contributed by atoms with van der Waals surface area (Å²) in [6, 6.07) is 11.9. The quantitative estimate of drug-likeness (QED) is 0.785. The maximum Gasteiger partial charge on any atom is 0.261 e. The number of carbonyl (C=O) groups excluding carboxylic acids is 1. The van der Waals surface area contributed by atoms with Crippen molar-refractivity contribution in [1.29, 1.82) is 0 Å². The molecule has 0 heterocycles. The Labute approximate surface area is 129 Å². The molecule has 5 nitrogen and oxygen atoms in total. The first-order valence-corrected chi connectivity index (χ1v) is 8.05. The molecule has 2 aromatic rings. The number of carboxylic acids is 1. The van der Waals surface area contributed by atoms with E-state index in [9.17, 15) is 18.3 Å². The van der Waals surface area contributed by atoms with Crippen LogP contribution in [0.15, 0.2) is 53.4 Å². The van der Waals surface area contributed by atoms with Gasteiger partial charge in [-0.15, -0.1) is 0 Å². The Balaban J connectivity index is 2.38. The smallest absolute Gasteiger partial charge is 0.261 e. The Morgan fingerprint density at radius 3 is 2.25 bits per heavy atom. The highest BCUT2D eigenvalue weighted by atomic mass is 127. The third kappa shape index (κ3) is 3.28. The highest BCUT2D eigenvalue weighted by Crippen LogP contribution is 2.20. The minimum Gasteiger partial charge on any atom is -0.545 e. The number of nitrogens with one attached hydrogen (secondary N) is 1. The van der Waals surface area contributed by atoms with Gasteiger partial charge in [-0.05, 0) is 52.9 Å². The molecule has 0 radical (unpaired) electrons. The topological polar surface area (TPSA) is 86.3 Å². The number of hydrogen-bond donors (Lipinski definition) is 1. The lowest BCUT2D eigenvalue weighted by Crippen LogP contribution is -2.24. The number of rotatable bonds is 4. The second-order valence-electron chi connectivity index (χ2n) is 3.89. The van der Waals surface area contributed by atoms with Gasteiger partial charge in [0.15, 0.2) is 0 Å². The third-order valence-electron chi connectivity index (χ3n) is 2.52. The molecule has 1 N–H and O–H groups in total. The Morgan fingerprint density at radius 2 is 1.65 bits per heavy atom. The summed E-state index contributed by atoms with van der Waals surface area (Å²) >= 11 is 2.06. The molecule has 7 heteroatoms. The van der Waals surface area contributed by atoms with E-state index in [0.717, 1.165) is 3.57 Å². The first-order valence-electron chi connectivity index (χ1n) is 5.49. The molecule has 0 saturated heterocycles. The van der Waals surface area contributed by atoms with Crippen molar-refractivity contribution < 1.29 is 18.3 Å². The van der Waals surface area contributed by atoms with Crippen LogP contribution in [0.25, 0.3) is 0 Å². The molecule has 0 aliphatic carbocycles. The number of benzene rings is 2. The summed E-state index contributed by atoms with van der Waals surface area (Å²) in [5.74, 6) is -1.44. The van der Waals surface area contributed by atoms with Gasteiger partial charge in [0.25, 0.3) is 10.0 Å². The monoisotopic (exact) mass is 402 g/mol. The number of carbonyl (C=O) groups is 1. The van der Waals surface area contributed by atoms with Crippen molar-refractivity contribution in [2.24, 2.45) is 0 Å². The molecule has 20 heavy (non-hydrogen) atoms. The zero-order valence-electron chi connectivity index (χ0n) is 10.0. The van der Waals surface area contributed by atoms with E-state index in [2.05, 4.69) is 27.3 Å². The summed E-state index contributed by atoms with van der Waals surface area (Å²) < 4.78 is 27.5. The summed E-state index contributed by atoms with van der Waals surface area (Å²) in [5.41, 5.74) is -0.229. The largest absolute Gasteiger partial charge is 0.545 e. The molecular formula is C13H9INO4S-.